The number of benzene rings is 2. The maximum atomic E-state index is 12.3. The predicted molar refractivity (Wildman–Crippen MR) is 97.8 cm³/mol. The lowest BCUT2D eigenvalue weighted by atomic mass is 10.1. The first-order valence-electron chi connectivity index (χ1n) is 7.87. The van der Waals surface area contributed by atoms with Crippen LogP contribution < -0.4 is 16.0 Å². The topological polar surface area (TPSA) is 120 Å². The number of nitro benzene ring substituents is 1. The van der Waals surface area contributed by atoms with Gasteiger partial charge in [0.2, 0.25) is 0 Å². The Morgan fingerprint density at radius 1 is 1.15 bits per heavy atom. The van der Waals surface area contributed by atoms with E-state index in [1.807, 2.05) is 12.1 Å². The molecule has 0 amide bonds. The van der Waals surface area contributed by atoms with Crippen molar-refractivity contribution in [3.05, 3.63) is 79.5 Å². The fourth-order valence-corrected chi connectivity index (χ4v) is 3.04. The van der Waals surface area contributed by atoms with E-state index >= 15 is 0 Å². The Labute approximate surface area is 151 Å². The average Bonchev–Trinajstić information content (AvgIpc) is 2.66. The van der Waals surface area contributed by atoms with Gasteiger partial charge in [-0.15, -0.1) is 0 Å². The highest BCUT2D eigenvalue weighted by molar-refractivity contribution is 5.87. The third kappa shape index (κ3) is 2.61. The number of nitro groups is 1. The molecule has 4 rings (SSSR count). The molecule has 0 saturated carbocycles. The second-order valence-electron chi connectivity index (χ2n) is 5.76. The summed E-state index contributed by atoms with van der Waals surface area (Å²) in [4.78, 5) is 40.8. The molecular weight excluding hydrogens is 352 g/mol. The van der Waals surface area contributed by atoms with E-state index in [0.717, 1.165) is 5.39 Å². The van der Waals surface area contributed by atoms with Crippen molar-refractivity contribution in [1.29, 1.82) is 0 Å². The molecule has 0 atom stereocenters. The first kappa shape index (κ1) is 16.5. The average molecular weight is 364 g/mol. The smallest absolute Gasteiger partial charge is 0.349 e. The summed E-state index contributed by atoms with van der Waals surface area (Å²) in [7, 11) is 1.38. The molecular formula is C18H12N4O5. The van der Waals surface area contributed by atoms with Gasteiger partial charge in [0.15, 0.2) is 5.82 Å². The van der Waals surface area contributed by atoms with Gasteiger partial charge in [0.25, 0.3) is 11.2 Å². The Balaban J connectivity index is 2.19. The fraction of sp³-hybridized carbons (Fsp3) is 0.0556. The van der Waals surface area contributed by atoms with Crippen LogP contribution in [0.1, 0.15) is 0 Å². The summed E-state index contributed by atoms with van der Waals surface area (Å²) in [5.41, 5.74) is -0.190. The molecule has 0 spiro atoms. The van der Waals surface area contributed by atoms with E-state index in [2.05, 4.69) is 9.97 Å². The van der Waals surface area contributed by atoms with Crippen LogP contribution >= 0.6 is 0 Å². The van der Waals surface area contributed by atoms with Gasteiger partial charge in [-0.25, -0.2) is 4.79 Å². The van der Waals surface area contributed by atoms with E-state index in [1.165, 1.54) is 25.3 Å². The molecule has 9 nitrogen and oxygen atoms in total. The normalized spacial score (nSPS) is 11.0. The summed E-state index contributed by atoms with van der Waals surface area (Å²) >= 11 is 0. The minimum absolute atomic E-state index is 0.134. The number of pyridine rings is 1. The molecule has 2 aliphatic heterocycles. The number of hydrogen-bond donors (Lipinski definition) is 1. The molecule has 0 radical (unpaired) electrons. The van der Waals surface area contributed by atoms with Crippen LogP contribution in [0.15, 0.2) is 58.1 Å². The third-order valence-electron chi connectivity index (χ3n) is 4.22. The predicted octanol–water partition coefficient (Wildman–Crippen LogP) is 2.10. The summed E-state index contributed by atoms with van der Waals surface area (Å²) in [5, 5.41) is 11.8. The van der Waals surface area contributed by atoms with Crippen molar-refractivity contribution < 1.29 is 9.66 Å². The number of ether oxygens (including phenoxy) is 1. The van der Waals surface area contributed by atoms with Crippen LogP contribution in [-0.4, -0.2) is 26.6 Å². The van der Waals surface area contributed by atoms with Crippen LogP contribution in [0.2, 0.25) is 0 Å². The Bertz CT molecular complexity index is 1290. The summed E-state index contributed by atoms with van der Waals surface area (Å²) < 4.78 is 6.92. The Morgan fingerprint density at radius 2 is 1.93 bits per heavy atom. The number of nitrogens with one attached hydrogen (secondary N) is 1. The van der Waals surface area contributed by atoms with Gasteiger partial charge >= 0.3 is 5.69 Å². The number of fused-ring (bicyclic) bond motifs is 2. The van der Waals surface area contributed by atoms with Crippen LogP contribution in [0.25, 0.3) is 28.0 Å². The number of aromatic amines is 1. The zero-order chi connectivity index (χ0) is 19.1. The standard InChI is InChI=1S/C18H12N4O5/c1-27-15-9-11(22(25)26)6-7-14(15)21-13-5-3-2-4-10(13)8-12-16(21)19-18(24)20-17(12)23/h2-9H,1H3,(H,20,23,24). The first-order chi connectivity index (χ1) is 13.0. The fourth-order valence-electron chi connectivity index (χ4n) is 3.04. The maximum Gasteiger partial charge on any atom is 0.349 e. The number of hydrogen-bond acceptors (Lipinski definition) is 6. The zero-order valence-electron chi connectivity index (χ0n) is 14.0. The van der Waals surface area contributed by atoms with E-state index in [-0.39, 0.29) is 22.8 Å². The molecule has 2 aromatic rings. The highest BCUT2D eigenvalue weighted by atomic mass is 16.6. The van der Waals surface area contributed by atoms with Gasteiger partial charge in [-0.05, 0) is 23.6 Å². The monoisotopic (exact) mass is 364 g/mol. The number of aromatic nitrogens is 3. The zero-order valence-corrected chi connectivity index (χ0v) is 14.0. The van der Waals surface area contributed by atoms with Gasteiger partial charge in [0.1, 0.15) is 5.75 Å². The van der Waals surface area contributed by atoms with Crippen molar-refractivity contribution >= 4 is 16.6 Å². The van der Waals surface area contributed by atoms with Gasteiger partial charge in [-0.3, -0.25) is 24.5 Å². The Hall–Kier alpha value is -4.01. The quantitative estimate of drug-likeness (QED) is 0.338. The van der Waals surface area contributed by atoms with Crippen LogP contribution in [0, 0.1) is 10.1 Å². The minimum atomic E-state index is -0.780. The van der Waals surface area contributed by atoms with Gasteiger partial charge in [-0.1, -0.05) is 18.2 Å². The second kappa shape index (κ2) is 6.06. The van der Waals surface area contributed by atoms with Crippen LogP contribution in [0.4, 0.5) is 5.69 Å². The van der Waals surface area contributed by atoms with Crippen molar-refractivity contribution in [3.63, 3.8) is 0 Å². The highest BCUT2D eigenvalue weighted by Crippen LogP contribution is 2.34. The molecule has 0 aliphatic carbocycles. The minimum Gasteiger partial charge on any atom is -0.494 e. The molecule has 0 aromatic heterocycles. The summed E-state index contributed by atoms with van der Waals surface area (Å²) in [6.45, 7) is 0. The molecule has 134 valence electrons. The van der Waals surface area contributed by atoms with Gasteiger partial charge < -0.3 is 4.74 Å². The maximum absolute atomic E-state index is 12.3. The van der Waals surface area contributed by atoms with E-state index in [4.69, 9.17) is 4.74 Å². The van der Waals surface area contributed by atoms with Gasteiger partial charge in [0.05, 0.1) is 34.9 Å². The van der Waals surface area contributed by atoms with Crippen molar-refractivity contribution in [1.82, 2.24) is 14.5 Å². The lowest BCUT2D eigenvalue weighted by molar-refractivity contribution is -0.384. The number of H-pyrrole nitrogens is 1. The van der Waals surface area contributed by atoms with Crippen molar-refractivity contribution in [2.45, 2.75) is 0 Å². The highest BCUT2D eigenvalue weighted by Gasteiger charge is 2.21. The van der Waals surface area contributed by atoms with E-state index in [0.29, 0.717) is 11.2 Å². The van der Waals surface area contributed by atoms with Crippen LogP contribution in [0.5, 0.6) is 5.75 Å². The molecule has 0 unspecified atom stereocenters. The first-order valence-corrected chi connectivity index (χ1v) is 7.87. The van der Waals surface area contributed by atoms with Gasteiger partial charge in [0, 0.05) is 6.07 Å². The van der Waals surface area contributed by atoms with Crippen molar-refractivity contribution in [2.75, 3.05) is 7.11 Å². The molecule has 0 bridgehead atoms. The summed E-state index contributed by atoms with van der Waals surface area (Å²) in [6.07, 6.45) is 0. The van der Waals surface area contributed by atoms with E-state index < -0.39 is 16.2 Å². The molecule has 27 heavy (non-hydrogen) atoms. The third-order valence-corrected chi connectivity index (χ3v) is 4.22. The molecule has 0 saturated heterocycles. The van der Waals surface area contributed by atoms with Crippen molar-refractivity contribution in [2.24, 2.45) is 0 Å². The molecule has 0 fully saturated rings. The number of nitrogens with zero attached hydrogens (tertiary/aromatic N) is 3. The lowest BCUT2D eigenvalue weighted by Gasteiger charge is -2.19. The summed E-state index contributed by atoms with van der Waals surface area (Å²) in [5.74, 6) is 0.344. The van der Waals surface area contributed by atoms with Crippen molar-refractivity contribution in [3.8, 4) is 22.8 Å². The largest absolute Gasteiger partial charge is 0.494 e. The van der Waals surface area contributed by atoms with E-state index in [1.54, 1.807) is 22.8 Å². The van der Waals surface area contributed by atoms with E-state index in [9.17, 15) is 19.7 Å². The molecule has 2 heterocycles. The molecule has 2 aromatic carbocycles. The SMILES string of the molecule is COc1cc([N+](=O)[O-])ccc1-n1c2nc(=O)[nH]c(=O)c-2cc2ccccc21. The number of para-hydroxylation sites is 1. The Kier molecular flexibility index (Phi) is 3.69. The van der Waals surface area contributed by atoms with Crippen LogP contribution in [0.3, 0.4) is 0 Å². The molecule has 1 N–H and O–H groups in total. The lowest BCUT2D eigenvalue weighted by Crippen LogP contribution is -2.27. The Morgan fingerprint density at radius 3 is 2.67 bits per heavy atom. The molecule has 2 aliphatic rings. The number of methoxy groups -OCH3 is 1. The van der Waals surface area contributed by atoms with Gasteiger partial charge in [-0.2, -0.15) is 4.98 Å². The molecule has 9 heteroatoms. The summed E-state index contributed by atoms with van der Waals surface area (Å²) in [6, 6.07) is 13.0. The number of non-ortho nitro benzene ring substituents is 1. The second-order valence-corrected chi connectivity index (χ2v) is 5.76. The van der Waals surface area contributed by atoms with Crippen LogP contribution in [-0.2, 0) is 0 Å². The number of rotatable bonds is 3.